The van der Waals surface area contributed by atoms with Crippen LogP contribution in [-0.4, -0.2) is 45.5 Å². The average molecular weight is 459 g/mol. The van der Waals surface area contributed by atoms with Gasteiger partial charge in [0.15, 0.2) is 0 Å². The molecule has 3 aromatic carbocycles. The van der Waals surface area contributed by atoms with Gasteiger partial charge in [-0.2, -0.15) is 0 Å². The van der Waals surface area contributed by atoms with Crippen LogP contribution in [0.5, 0.6) is 5.75 Å². The zero-order valence-electron chi connectivity index (χ0n) is 18.0. The highest BCUT2D eigenvalue weighted by molar-refractivity contribution is 8.18. The summed E-state index contributed by atoms with van der Waals surface area (Å²) in [4.78, 5) is 26.9. The number of nitrogens with zero attached hydrogens (tertiary/aromatic N) is 2. The van der Waals surface area contributed by atoms with E-state index in [-0.39, 0.29) is 24.2 Å². The van der Waals surface area contributed by atoms with E-state index in [0.29, 0.717) is 10.7 Å². The third-order valence-electron chi connectivity index (χ3n) is 5.75. The lowest BCUT2D eigenvalue weighted by atomic mass is 10.2. The van der Waals surface area contributed by atoms with Gasteiger partial charge >= 0.3 is 0 Å². The largest absolute Gasteiger partial charge is 0.497 e. The lowest BCUT2D eigenvalue weighted by molar-refractivity contribution is -0.123. The second-order valence-corrected chi connectivity index (χ2v) is 8.86. The van der Waals surface area contributed by atoms with Crippen LogP contribution in [0.25, 0.3) is 27.9 Å². The summed E-state index contributed by atoms with van der Waals surface area (Å²) in [6, 6.07) is 23.3. The number of carbonyl (C=O) groups is 2. The molecule has 4 aromatic rings. The fourth-order valence-corrected chi connectivity index (χ4v) is 5.04. The molecule has 0 radical (unpaired) electrons. The Morgan fingerprint density at radius 3 is 2.12 bits per heavy atom. The topological polar surface area (TPSA) is 71.8 Å². The third-order valence-corrected chi connectivity index (χ3v) is 6.66. The average Bonchev–Trinajstić information content (AvgIpc) is 3.29. The lowest BCUT2D eigenvalue weighted by Crippen LogP contribution is -2.37. The van der Waals surface area contributed by atoms with Crippen LogP contribution in [-0.2, 0) is 11.3 Å². The van der Waals surface area contributed by atoms with Gasteiger partial charge in [-0.3, -0.25) is 14.5 Å². The van der Waals surface area contributed by atoms with Crippen LogP contribution in [0.1, 0.15) is 5.56 Å². The van der Waals surface area contributed by atoms with Crippen molar-refractivity contribution in [1.82, 2.24) is 9.47 Å². The molecular weight excluding hydrogens is 436 g/mol. The minimum atomic E-state index is -0.905. The van der Waals surface area contributed by atoms with Gasteiger partial charge in [-0.1, -0.05) is 48.5 Å². The molecule has 166 valence electrons. The van der Waals surface area contributed by atoms with Crippen LogP contribution in [0.4, 0.5) is 4.79 Å². The Kier molecular flexibility index (Phi) is 5.66. The molecule has 1 N–H and O–H groups in total. The number of amides is 2. The molecule has 1 aliphatic heterocycles. The van der Waals surface area contributed by atoms with Crippen molar-refractivity contribution in [2.75, 3.05) is 13.7 Å². The molecule has 6 nitrogen and oxygen atoms in total. The number of benzene rings is 3. The summed E-state index contributed by atoms with van der Waals surface area (Å²) in [5.41, 5.74) is 2.81. The number of carbonyl (C=O) groups excluding carboxylic acids is 2. The molecule has 2 heterocycles. The monoisotopic (exact) mass is 458 g/mol. The summed E-state index contributed by atoms with van der Waals surface area (Å²) in [6.07, 6.45) is 0.780. The van der Waals surface area contributed by atoms with Gasteiger partial charge in [0, 0.05) is 21.8 Å². The first-order chi connectivity index (χ1) is 16.0. The smallest absolute Gasteiger partial charge is 0.293 e. The number of hydrogen-bond donors (Lipinski definition) is 1. The van der Waals surface area contributed by atoms with Crippen LogP contribution in [0.15, 0.2) is 77.7 Å². The number of methoxy groups -OCH3 is 1. The summed E-state index contributed by atoms with van der Waals surface area (Å²) in [7, 11) is 1.59. The van der Waals surface area contributed by atoms with Crippen molar-refractivity contribution in [1.29, 1.82) is 0 Å². The maximum Gasteiger partial charge on any atom is 0.293 e. The van der Waals surface area contributed by atoms with Gasteiger partial charge in [0.05, 0.1) is 31.2 Å². The van der Waals surface area contributed by atoms with Crippen molar-refractivity contribution in [2.45, 2.75) is 12.6 Å². The molecular formula is C26H22N2O4S. The fourth-order valence-electron chi connectivity index (χ4n) is 4.19. The number of imide groups is 1. The molecule has 0 aliphatic carbocycles. The Morgan fingerprint density at radius 1 is 0.909 bits per heavy atom. The van der Waals surface area contributed by atoms with E-state index in [9.17, 15) is 14.7 Å². The van der Waals surface area contributed by atoms with Crippen molar-refractivity contribution >= 4 is 50.8 Å². The second kappa shape index (κ2) is 8.77. The summed E-state index contributed by atoms with van der Waals surface area (Å²) >= 11 is 0.891. The zero-order chi connectivity index (χ0) is 22.9. The first kappa shape index (κ1) is 21.3. The Hall–Kier alpha value is -3.55. The van der Waals surface area contributed by atoms with Gasteiger partial charge in [0.2, 0.25) is 0 Å². The van der Waals surface area contributed by atoms with Gasteiger partial charge < -0.3 is 14.4 Å². The predicted octanol–water partition coefficient (Wildman–Crippen LogP) is 4.90. The van der Waals surface area contributed by atoms with Crippen LogP contribution in [0, 0.1) is 0 Å². The van der Waals surface area contributed by atoms with Gasteiger partial charge in [-0.15, -0.1) is 0 Å². The minimum Gasteiger partial charge on any atom is -0.497 e. The molecule has 0 bridgehead atoms. The molecule has 1 fully saturated rings. The molecule has 0 spiro atoms. The summed E-state index contributed by atoms with van der Waals surface area (Å²) in [5.74, 6) is 0.329. The molecule has 1 aromatic heterocycles. The quantitative estimate of drug-likeness (QED) is 0.416. The van der Waals surface area contributed by atoms with Crippen molar-refractivity contribution in [3.05, 3.63) is 83.3 Å². The Labute approximate surface area is 195 Å². The van der Waals surface area contributed by atoms with Crippen molar-refractivity contribution in [3.63, 3.8) is 0 Å². The number of ether oxygens (including phenoxy) is 1. The Bertz CT molecular complexity index is 1340. The first-order valence-electron chi connectivity index (χ1n) is 10.6. The molecule has 2 amide bonds. The number of hydrogen-bond acceptors (Lipinski definition) is 5. The molecule has 7 heteroatoms. The number of thioether (sulfide) groups is 1. The van der Waals surface area contributed by atoms with E-state index in [1.54, 1.807) is 25.3 Å². The van der Waals surface area contributed by atoms with Gasteiger partial charge in [0.25, 0.3) is 11.1 Å². The molecule has 1 aliphatic rings. The summed E-state index contributed by atoms with van der Waals surface area (Å²) < 4.78 is 7.19. The van der Waals surface area contributed by atoms with Crippen molar-refractivity contribution in [2.24, 2.45) is 0 Å². The fraction of sp³-hybridized carbons (Fsp3) is 0.154. The van der Waals surface area contributed by atoms with Gasteiger partial charge in [-0.25, -0.2) is 0 Å². The number of para-hydroxylation sites is 2. The van der Waals surface area contributed by atoms with Crippen LogP contribution >= 0.6 is 11.8 Å². The third kappa shape index (κ3) is 4.01. The standard InChI is InChI=1S/C26H22N2O4S/c1-32-19-12-10-17(11-13-19)14-24-25(30)28(26(31)33-24)16-18(29)15-27-22-8-4-2-6-20(22)21-7-3-5-9-23(21)27/h2-14,18,29H,15-16H2,1H3/b24-14+/t18-/m1/s1. The van der Waals surface area contributed by atoms with Gasteiger partial charge in [-0.05, 0) is 47.7 Å². The highest BCUT2D eigenvalue weighted by Gasteiger charge is 2.36. The molecule has 33 heavy (non-hydrogen) atoms. The predicted molar refractivity (Wildman–Crippen MR) is 131 cm³/mol. The molecule has 1 saturated heterocycles. The normalized spacial score (nSPS) is 16.3. The van der Waals surface area contributed by atoms with Crippen molar-refractivity contribution < 1.29 is 19.4 Å². The highest BCUT2D eigenvalue weighted by Crippen LogP contribution is 2.33. The summed E-state index contributed by atoms with van der Waals surface area (Å²) in [5, 5.41) is 12.7. The SMILES string of the molecule is COc1ccc(/C=C2/SC(=O)N(C[C@H](O)Cn3c4ccccc4c4ccccc43)C2=O)cc1. The zero-order valence-corrected chi connectivity index (χ0v) is 18.8. The summed E-state index contributed by atoms with van der Waals surface area (Å²) in [6.45, 7) is 0.207. The van der Waals surface area contributed by atoms with E-state index in [4.69, 9.17) is 4.74 Å². The Morgan fingerprint density at radius 2 is 1.52 bits per heavy atom. The number of fused-ring (bicyclic) bond motifs is 3. The number of β-amino-alcohol motifs (C(OH)–C–C–N with tert-alkyl or cyclic N) is 1. The maximum atomic E-state index is 12.9. The lowest BCUT2D eigenvalue weighted by Gasteiger charge is -2.19. The molecule has 5 rings (SSSR count). The molecule has 1 atom stereocenters. The van der Waals surface area contributed by atoms with Crippen LogP contribution in [0.3, 0.4) is 0 Å². The van der Waals surface area contributed by atoms with E-state index in [1.165, 1.54) is 0 Å². The van der Waals surface area contributed by atoms with Gasteiger partial charge in [0.1, 0.15) is 5.75 Å². The number of aliphatic hydroxyl groups excluding tert-OH is 1. The number of aromatic nitrogens is 1. The first-order valence-corrected chi connectivity index (χ1v) is 11.4. The van der Waals surface area contributed by atoms with Crippen LogP contribution < -0.4 is 4.74 Å². The van der Waals surface area contributed by atoms with E-state index in [0.717, 1.165) is 44.0 Å². The van der Waals surface area contributed by atoms with E-state index >= 15 is 0 Å². The van der Waals surface area contributed by atoms with Crippen molar-refractivity contribution in [3.8, 4) is 5.75 Å². The van der Waals surface area contributed by atoms with Crippen LogP contribution in [0.2, 0.25) is 0 Å². The minimum absolute atomic E-state index is 0.0640. The van der Waals surface area contributed by atoms with E-state index < -0.39 is 6.10 Å². The number of rotatable bonds is 6. The van der Waals surface area contributed by atoms with E-state index in [2.05, 4.69) is 12.1 Å². The van der Waals surface area contributed by atoms with E-state index in [1.807, 2.05) is 53.1 Å². The maximum absolute atomic E-state index is 12.9. The molecule has 0 saturated carbocycles. The molecule has 0 unspecified atom stereocenters. The Balaban J connectivity index is 1.36. The second-order valence-electron chi connectivity index (χ2n) is 7.86. The highest BCUT2D eigenvalue weighted by atomic mass is 32.2. The number of aliphatic hydroxyl groups is 1.